The maximum absolute atomic E-state index is 12.4. The fourth-order valence-electron chi connectivity index (χ4n) is 2.42. The average Bonchev–Trinajstić information content (AvgIpc) is 2.64. The Hall–Kier alpha value is -2.94. The molecule has 1 N–H and O–H groups in total. The number of allylic oxidation sites excluding steroid dienone is 2. The molecule has 0 saturated carbocycles. The number of ketones is 1. The molecule has 3 heteroatoms. The van der Waals surface area contributed by atoms with Crippen molar-refractivity contribution in [2.45, 2.75) is 26.2 Å². The SMILES string of the molecule is CCC(=Cc1ccc(C(C)C(=O)O)cc1)C(=O)C=Cc1ccccc1. The van der Waals surface area contributed by atoms with Crippen molar-refractivity contribution in [3.8, 4) is 0 Å². The molecule has 0 aliphatic heterocycles. The summed E-state index contributed by atoms with van der Waals surface area (Å²) in [7, 11) is 0. The van der Waals surface area contributed by atoms with E-state index in [0.29, 0.717) is 12.0 Å². The Kier molecular flexibility index (Phi) is 6.47. The Labute approximate surface area is 148 Å². The molecule has 0 aliphatic carbocycles. The highest BCUT2D eigenvalue weighted by Crippen LogP contribution is 2.18. The summed E-state index contributed by atoms with van der Waals surface area (Å²) in [5.41, 5.74) is 3.34. The van der Waals surface area contributed by atoms with E-state index in [2.05, 4.69) is 0 Å². The van der Waals surface area contributed by atoms with Crippen molar-refractivity contribution in [1.82, 2.24) is 0 Å². The lowest BCUT2D eigenvalue weighted by Crippen LogP contribution is -2.07. The second kappa shape index (κ2) is 8.78. The average molecular weight is 334 g/mol. The third kappa shape index (κ3) is 5.28. The zero-order valence-electron chi connectivity index (χ0n) is 14.5. The number of hydrogen-bond donors (Lipinski definition) is 1. The molecule has 128 valence electrons. The third-order valence-corrected chi connectivity index (χ3v) is 4.07. The maximum atomic E-state index is 12.4. The minimum Gasteiger partial charge on any atom is -0.481 e. The topological polar surface area (TPSA) is 54.4 Å². The Balaban J connectivity index is 2.15. The Morgan fingerprint density at radius 3 is 2.20 bits per heavy atom. The van der Waals surface area contributed by atoms with Gasteiger partial charge < -0.3 is 5.11 Å². The molecule has 2 aromatic carbocycles. The Morgan fingerprint density at radius 1 is 1.00 bits per heavy atom. The van der Waals surface area contributed by atoms with E-state index in [1.165, 1.54) is 0 Å². The molecule has 0 radical (unpaired) electrons. The molecule has 1 atom stereocenters. The van der Waals surface area contributed by atoms with Crippen LogP contribution in [0.25, 0.3) is 12.2 Å². The van der Waals surface area contributed by atoms with Gasteiger partial charge in [-0.15, -0.1) is 0 Å². The molecule has 25 heavy (non-hydrogen) atoms. The largest absolute Gasteiger partial charge is 0.481 e. The summed E-state index contributed by atoms with van der Waals surface area (Å²) in [6.45, 7) is 3.60. The summed E-state index contributed by atoms with van der Waals surface area (Å²) in [4.78, 5) is 23.4. The first kappa shape index (κ1) is 18.4. The van der Waals surface area contributed by atoms with Crippen molar-refractivity contribution in [1.29, 1.82) is 0 Å². The van der Waals surface area contributed by atoms with E-state index in [-0.39, 0.29) is 5.78 Å². The minimum absolute atomic E-state index is 0.0191. The lowest BCUT2D eigenvalue weighted by Gasteiger charge is -2.07. The first-order valence-corrected chi connectivity index (χ1v) is 8.32. The van der Waals surface area contributed by atoms with Crippen molar-refractivity contribution in [3.05, 3.63) is 82.9 Å². The van der Waals surface area contributed by atoms with Gasteiger partial charge in [0.05, 0.1) is 5.92 Å². The molecule has 0 amide bonds. The smallest absolute Gasteiger partial charge is 0.310 e. The second-order valence-corrected chi connectivity index (χ2v) is 5.86. The number of benzene rings is 2. The maximum Gasteiger partial charge on any atom is 0.310 e. The Bertz CT molecular complexity index is 784. The number of rotatable bonds is 7. The number of carbonyl (C=O) groups excluding carboxylic acids is 1. The molecule has 0 heterocycles. The van der Waals surface area contributed by atoms with Crippen LogP contribution in [0, 0.1) is 0 Å². The van der Waals surface area contributed by atoms with Crippen LogP contribution < -0.4 is 0 Å². The second-order valence-electron chi connectivity index (χ2n) is 5.86. The van der Waals surface area contributed by atoms with Crippen LogP contribution >= 0.6 is 0 Å². The molecule has 0 aliphatic rings. The monoisotopic (exact) mass is 334 g/mol. The van der Waals surface area contributed by atoms with Gasteiger partial charge in [-0.3, -0.25) is 9.59 Å². The first-order chi connectivity index (χ1) is 12.0. The Morgan fingerprint density at radius 2 is 1.64 bits per heavy atom. The molecule has 0 fully saturated rings. The van der Waals surface area contributed by atoms with E-state index < -0.39 is 11.9 Å². The van der Waals surface area contributed by atoms with E-state index >= 15 is 0 Å². The van der Waals surface area contributed by atoms with Crippen LogP contribution in [0.3, 0.4) is 0 Å². The highest BCUT2D eigenvalue weighted by atomic mass is 16.4. The van der Waals surface area contributed by atoms with Gasteiger partial charge in [0.15, 0.2) is 5.78 Å². The summed E-state index contributed by atoms with van der Waals surface area (Å²) >= 11 is 0. The minimum atomic E-state index is -0.848. The molecule has 0 bridgehead atoms. The van der Waals surface area contributed by atoms with E-state index in [0.717, 1.165) is 16.7 Å². The highest BCUT2D eigenvalue weighted by molar-refractivity contribution is 6.09. The fourth-order valence-corrected chi connectivity index (χ4v) is 2.42. The van der Waals surface area contributed by atoms with Gasteiger partial charge in [0.1, 0.15) is 0 Å². The number of carboxylic acids is 1. The van der Waals surface area contributed by atoms with Gasteiger partial charge in [0.25, 0.3) is 0 Å². The van der Waals surface area contributed by atoms with E-state index in [9.17, 15) is 9.59 Å². The molecule has 2 aromatic rings. The van der Waals surface area contributed by atoms with Crippen LogP contribution in [0.5, 0.6) is 0 Å². The standard InChI is InChI=1S/C22H22O3/c1-3-19(21(23)14-11-17-7-5-4-6-8-17)15-18-9-12-20(13-10-18)16(2)22(24)25/h4-16H,3H2,1-2H3,(H,24,25). The van der Waals surface area contributed by atoms with Gasteiger partial charge in [-0.2, -0.15) is 0 Å². The highest BCUT2D eigenvalue weighted by Gasteiger charge is 2.13. The molecule has 0 aromatic heterocycles. The number of carboxylic acid groups (broad SMARTS) is 1. The summed E-state index contributed by atoms with van der Waals surface area (Å²) in [6.07, 6.45) is 5.88. The first-order valence-electron chi connectivity index (χ1n) is 8.32. The van der Waals surface area contributed by atoms with Crippen LogP contribution in [0.2, 0.25) is 0 Å². The molecule has 3 nitrogen and oxygen atoms in total. The van der Waals surface area contributed by atoms with Gasteiger partial charge in [0, 0.05) is 0 Å². The summed E-state index contributed by atoms with van der Waals surface area (Å²) in [5.74, 6) is -1.41. The summed E-state index contributed by atoms with van der Waals surface area (Å²) < 4.78 is 0. The van der Waals surface area contributed by atoms with Crippen molar-refractivity contribution in [2.75, 3.05) is 0 Å². The summed E-state index contributed by atoms with van der Waals surface area (Å²) in [6, 6.07) is 17.0. The van der Waals surface area contributed by atoms with Crippen LogP contribution in [-0.4, -0.2) is 16.9 Å². The predicted molar refractivity (Wildman–Crippen MR) is 101 cm³/mol. The van der Waals surface area contributed by atoms with Crippen molar-refractivity contribution >= 4 is 23.9 Å². The van der Waals surface area contributed by atoms with E-state index in [1.54, 1.807) is 25.1 Å². The molecule has 1 unspecified atom stereocenters. The molecule has 2 rings (SSSR count). The van der Waals surface area contributed by atoms with Crippen LogP contribution in [0.4, 0.5) is 0 Å². The summed E-state index contributed by atoms with van der Waals surface area (Å²) in [5, 5.41) is 9.05. The van der Waals surface area contributed by atoms with Gasteiger partial charge in [0.2, 0.25) is 0 Å². The lowest BCUT2D eigenvalue weighted by molar-refractivity contribution is -0.138. The van der Waals surface area contributed by atoms with Crippen molar-refractivity contribution in [2.24, 2.45) is 0 Å². The van der Waals surface area contributed by atoms with Crippen LogP contribution in [-0.2, 0) is 9.59 Å². The van der Waals surface area contributed by atoms with Gasteiger partial charge in [-0.1, -0.05) is 67.6 Å². The van der Waals surface area contributed by atoms with Gasteiger partial charge in [-0.05, 0) is 47.8 Å². The van der Waals surface area contributed by atoms with Crippen LogP contribution in [0.15, 0.2) is 66.2 Å². The number of carbonyl (C=O) groups is 2. The van der Waals surface area contributed by atoms with E-state index in [1.807, 2.05) is 61.5 Å². The van der Waals surface area contributed by atoms with Gasteiger partial charge >= 0.3 is 5.97 Å². The van der Waals surface area contributed by atoms with Crippen molar-refractivity contribution in [3.63, 3.8) is 0 Å². The van der Waals surface area contributed by atoms with E-state index in [4.69, 9.17) is 5.11 Å². The van der Waals surface area contributed by atoms with Crippen molar-refractivity contribution < 1.29 is 14.7 Å². The normalized spacial score (nSPS) is 13.0. The number of aliphatic carboxylic acids is 1. The molecular formula is C22H22O3. The van der Waals surface area contributed by atoms with Gasteiger partial charge in [-0.25, -0.2) is 0 Å². The zero-order chi connectivity index (χ0) is 18.2. The quantitative estimate of drug-likeness (QED) is 0.729. The predicted octanol–water partition coefficient (Wildman–Crippen LogP) is 4.95. The van der Waals surface area contributed by atoms with Crippen LogP contribution in [0.1, 0.15) is 42.9 Å². The lowest BCUT2D eigenvalue weighted by atomic mass is 9.98. The fraction of sp³-hybridized carbons (Fsp3) is 0.182. The molecule has 0 spiro atoms. The molecular weight excluding hydrogens is 312 g/mol. The third-order valence-electron chi connectivity index (χ3n) is 4.07. The number of hydrogen-bond acceptors (Lipinski definition) is 2. The zero-order valence-corrected chi connectivity index (χ0v) is 14.5. The molecule has 0 saturated heterocycles.